The Bertz CT molecular complexity index is 661. The van der Waals surface area contributed by atoms with Crippen LogP contribution in [0.15, 0.2) is 30.3 Å². The van der Waals surface area contributed by atoms with Crippen molar-refractivity contribution in [1.82, 2.24) is 15.1 Å². The van der Waals surface area contributed by atoms with E-state index in [0.29, 0.717) is 26.1 Å². The molecule has 154 valence electrons. The first-order valence-corrected chi connectivity index (χ1v) is 10.2. The summed E-state index contributed by atoms with van der Waals surface area (Å²) < 4.78 is 0. The average molecular weight is 389 g/mol. The summed E-state index contributed by atoms with van der Waals surface area (Å²) >= 11 is 0. The van der Waals surface area contributed by atoms with Crippen LogP contribution in [0.2, 0.25) is 0 Å². The number of rotatable bonds is 5. The van der Waals surface area contributed by atoms with Gasteiger partial charge in [0.2, 0.25) is 0 Å². The van der Waals surface area contributed by atoms with Crippen LogP contribution in [-0.4, -0.2) is 78.8 Å². The highest BCUT2D eigenvalue weighted by molar-refractivity contribution is 5.76. The molecule has 0 aromatic heterocycles. The first-order valence-electron chi connectivity index (χ1n) is 10.2. The van der Waals surface area contributed by atoms with Gasteiger partial charge in [0.1, 0.15) is 0 Å². The van der Waals surface area contributed by atoms with E-state index < -0.39 is 11.9 Å². The minimum atomic E-state index is -0.811. The summed E-state index contributed by atoms with van der Waals surface area (Å²) in [4.78, 5) is 30.3. The summed E-state index contributed by atoms with van der Waals surface area (Å²) in [6.07, 6.45) is 0.640. The highest BCUT2D eigenvalue weighted by atomic mass is 16.4. The number of anilines is 1. The highest BCUT2D eigenvalue weighted by Gasteiger charge is 2.32. The molecule has 0 spiro atoms. The van der Waals surface area contributed by atoms with Crippen LogP contribution in [0.5, 0.6) is 0 Å². The number of carbonyl (C=O) groups excluding carboxylic acids is 1. The number of nitrogens with one attached hydrogen (secondary N) is 1. The number of hydrogen-bond acceptors (Lipinski definition) is 4. The number of amides is 2. The van der Waals surface area contributed by atoms with E-state index in [1.165, 1.54) is 5.69 Å². The van der Waals surface area contributed by atoms with Gasteiger partial charge in [-0.05, 0) is 31.4 Å². The second kappa shape index (κ2) is 9.28. The number of urea groups is 1. The molecule has 1 aromatic rings. The molecule has 2 saturated heterocycles. The Morgan fingerprint density at radius 2 is 1.82 bits per heavy atom. The van der Waals surface area contributed by atoms with Gasteiger partial charge in [-0.25, -0.2) is 4.79 Å². The van der Waals surface area contributed by atoms with E-state index in [0.717, 1.165) is 26.2 Å². The maximum Gasteiger partial charge on any atom is 0.317 e. The van der Waals surface area contributed by atoms with Crippen LogP contribution in [0.1, 0.15) is 20.3 Å². The predicted molar refractivity (Wildman–Crippen MR) is 110 cm³/mol. The normalized spacial score (nSPS) is 24.6. The summed E-state index contributed by atoms with van der Waals surface area (Å²) in [5.74, 6) is -1.06. The number of carboxylic acid groups (broad SMARTS) is 1. The number of carbonyl (C=O) groups is 2. The lowest BCUT2D eigenvalue weighted by Gasteiger charge is -2.39. The summed E-state index contributed by atoms with van der Waals surface area (Å²) in [5, 5.41) is 12.3. The molecule has 0 bridgehead atoms. The molecule has 2 fully saturated rings. The van der Waals surface area contributed by atoms with Crippen molar-refractivity contribution < 1.29 is 14.7 Å². The van der Waals surface area contributed by atoms with Crippen LogP contribution in [0.3, 0.4) is 0 Å². The van der Waals surface area contributed by atoms with Gasteiger partial charge in [0, 0.05) is 57.5 Å². The number of likely N-dealkylation sites (tertiary alicyclic amines) is 1. The predicted octanol–water partition coefficient (Wildman–Crippen LogP) is 1.95. The van der Waals surface area contributed by atoms with Gasteiger partial charge in [-0.15, -0.1) is 0 Å². The summed E-state index contributed by atoms with van der Waals surface area (Å²) in [6, 6.07) is 10.6. The van der Waals surface area contributed by atoms with E-state index >= 15 is 0 Å². The van der Waals surface area contributed by atoms with E-state index in [4.69, 9.17) is 0 Å². The maximum absolute atomic E-state index is 12.5. The van der Waals surface area contributed by atoms with Crippen LogP contribution < -0.4 is 10.2 Å². The van der Waals surface area contributed by atoms with Crippen molar-refractivity contribution in [1.29, 1.82) is 0 Å². The molecule has 1 aromatic carbocycles. The fourth-order valence-electron chi connectivity index (χ4n) is 4.23. The van der Waals surface area contributed by atoms with Crippen LogP contribution in [-0.2, 0) is 4.79 Å². The molecule has 0 radical (unpaired) electrons. The minimum Gasteiger partial charge on any atom is -0.481 e. The van der Waals surface area contributed by atoms with Gasteiger partial charge in [-0.3, -0.25) is 9.69 Å². The molecule has 7 heteroatoms. The zero-order valence-electron chi connectivity index (χ0n) is 16.9. The lowest BCUT2D eigenvalue weighted by atomic mass is 9.91. The maximum atomic E-state index is 12.5. The molecule has 28 heavy (non-hydrogen) atoms. The van der Waals surface area contributed by atoms with Crippen molar-refractivity contribution in [2.24, 2.45) is 11.8 Å². The third kappa shape index (κ3) is 5.16. The number of piperazine rings is 1. The van der Waals surface area contributed by atoms with Gasteiger partial charge in [-0.2, -0.15) is 0 Å². The topological polar surface area (TPSA) is 76.1 Å². The summed E-state index contributed by atoms with van der Waals surface area (Å²) in [6.45, 7) is 9.53. The number of benzene rings is 1. The Labute approximate surface area is 167 Å². The molecule has 2 aliphatic rings. The molecule has 3 rings (SSSR count). The smallest absolute Gasteiger partial charge is 0.317 e. The number of nitrogens with zero attached hydrogens (tertiary/aromatic N) is 3. The fraction of sp³-hybridized carbons (Fsp3) is 0.619. The van der Waals surface area contributed by atoms with Gasteiger partial charge < -0.3 is 20.2 Å². The van der Waals surface area contributed by atoms with E-state index in [-0.39, 0.29) is 18.0 Å². The molecule has 0 aliphatic carbocycles. The van der Waals surface area contributed by atoms with E-state index in [1.54, 1.807) is 4.90 Å². The van der Waals surface area contributed by atoms with Gasteiger partial charge in [0.25, 0.3) is 0 Å². The number of para-hydroxylation sites is 1. The van der Waals surface area contributed by atoms with Gasteiger partial charge in [0.15, 0.2) is 0 Å². The average Bonchev–Trinajstić information content (AvgIpc) is 2.72. The standard InChI is InChI=1S/C21H32N4O3/c1-16-12-18(20(26)27)15-25(14-16)21(28)22-13-17(2)23-8-10-24(11-9-23)19-6-4-3-5-7-19/h3-7,16-18H,8-15H2,1-2H3,(H,22,28)(H,26,27). The Morgan fingerprint density at radius 3 is 2.46 bits per heavy atom. The zero-order valence-corrected chi connectivity index (χ0v) is 16.9. The number of hydrogen-bond donors (Lipinski definition) is 2. The Balaban J connectivity index is 1.43. The van der Waals surface area contributed by atoms with Crippen molar-refractivity contribution in [3.63, 3.8) is 0 Å². The monoisotopic (exact) mass is 388 g/mol. The van der Waals surface area contributed by atoms with Gasteiger partial charge in [-0.1, -0.05) is 25.1 Å². The largest absolute Gasteiger partial charge is 0.481 e. The second-order valence-corrected chi connectivity index (χ2v) is 8.17. The van der Waals surface area contributed by atoms with E-state index in [1.807, 2.05) is 13.0 Å². The van der Waals surface area contributed by atoms with Crippen LogP contribution in [0, 0.1) is 11.8 Å². The van der Waals surface area contributed by atoms with Crippen molar-refractivity contribution in [2.75, 3.05) is 50.7 Å². The second-order valence-electron chi connectivity index (χ2n) is 8.17. The first-order chi connectivity index (χ1) is 13.4. The molecular formula is C21H32N4O3. The molecule has 3 atom stereocenters. The van der Waals surface area contributed by atoms with Crippen molar-refractivity contribution >= 4 is 17.7 Å². The third-order valence-corrected chi connectivity index (χ3v) is 5.90. The lowest BCUT2D eigenvalue weighted by Crippen LogP contribution is -2.54. The van der Waals surface area contributed by atoms with Crippen LogP contribution >= 0.6 is 0 Å². The highest BCUT2D eigenvalue weighted by Crippen LogP contribution is 2.22. The van der Waals surface area contributed by atoms with Crippen LogP contribution in [0.25, 0.3) is 0 Å². The van der Waals surface area contributed by atoms with Crippen molar-refractivity contribution in [2.45, 2.75) is 26.3 Å². The Hall–Kier alpha value is -2.28. The van der Waals surface area contributed by atoms with Crippen molar-refractivity contribution in [3.05, 3.63) is 30.3 Å². The lowest BCUT2D eigenvalue weighted by molar-refractivity contribution is -0.143. The quantitative estimate of drug-likeness (QED) is 0.806. The molecular weight excluding hydrogens is 356 g/mol. The Morgan fingerprint density at radius 1 is 1.14 bits per heavy atom. The molecule has 0 saturated carbocycles. The number of carboxylic acids is 1. The van der Waals surface area contributed by atoms with Crippen LogP contribution in [0.4, 0.5) is 10.5 Å². The Kier molecular flexibility index (Phi) is 6.78. The molecule has 2 heterocycles. The number of piperidine rings is 1. The number of aliphatic carboxylic acids is 1. The zero-order chi connectivity index (χ0) is 20.1. The molecule has 7 nitrogen and oxygen atoms in total. The molecule has 2 amide bonds. The van der Waals surface area contributed by atoms with E-state index in [2.05, 4.69) is 46.3 Å². The summed E-state index contributed by atoms with van der Waals surface area (Å²) in [5.41, 5.74) is 1.26. The fourth-order valence-corrected chi connectivity index (χ4v) is 4.23. The minimum absolute atomic E-state index is 0.146. The van der Waals surface area contributed by atoms with Crippen molar-refractivity contribution in [3.8, 4) is 0 Å². The van der Waals surface area contributed by atoms with Gasteiger partial charge >= 0.3 is 12.0 Å². The first kappa shape index (κ1) is 20.5. The SMILES string of the molecule is CC1CC(C(=O)O)CN(C(=O)NCC(C)N2CCN(c3ccccc3)CC2)C1. The van der Waals surface area contributed by atoms with Gasteiger partial charge in [0.05, 0.1) is 5.92 Å². The molecule has 2 N–H and O–H groups in total. The molecule has 2 aliphatic heterocycles. The third-order valence-electron chi connectivity index (χ3n) is 5.90. The molecule has 3 unspecified atom stereocenters. The summed E-state index contributed by atoms with van der Waals surface area (Å²) in [7, 11) is 0. The van der Waals surface area contributed by atoms with E-state index in [9.17, 15) is 14.7 Å².